The van der Waals surface area contributed by atoms with Crippen molar-refractivity contribution in [2.24, 2.45) is 5.92 Å². The van der Waals surface area contributed by atoms with Crippen LogP contribution in [0.2, 0.25) is 0 Å². The fourth-order valence-corrected chi connectivity index (χ4v) is 2.61. The normalized spacial score (nSPS) is 12.2. The Hall–Kier alpha value is -0.970. The summed E-state index contributed by atoms with van der Waals surface area (Å²) in [5.74, 6) is 4.64. The van der Waals surface area contributed by atoms with E-state index >= 15 is 0 Å². The van der Waals surface area contributed by atoms with Crippen LogP contribution in [0.4, 0.5) is 11.6 Å². The third kappa shape index (κ3) is 5.19. The van der Waals surface area contributed by atoms with Crippen molar-refractivity contribution in [3.63, 3.8) is 0 Å². The van der Waals surface area contributed by atoms with E-state index in [1.54, 1.807) is 0 Å². The Kier molecular flexibility index (Phi) is 7.73. The highest BCUT2D eigenvalue weighted by atomic mass is 32.2. The summed E-state index contributed by atoms with van der Waals surface area (Å²) >= 11 is 1.89. The molecule has 0 fully saturated rings. The summed E-state index contributed by atoms with van der Waals surface area (Å²) in [4.78, 5) is 9.21. The second-order valence-corrected chi connectivity index (χ2v) is 6.09. The quantitative estimate of drug-likeness (QED) is 0.729. The van der Waals surface area contributed by atoms with Gasteiger partial charge in [-0.3, -0.25) is 0 Å². The van der Waals surface area contributed by atoms with Gasteiger partial charge >= 0.3 is 0 Å². The van der Waals surface area contributed by atoms with Crippen molar-refractivity contribution >= 4 is 23.4 Å². The van der Waals surface area contributed by atoms with Gasteiger partial charge in [0.1, 0.15) is 17.5 Å². The molecular formula is C15H28N4S. The molecule has 0 aliphatic rings. The fourth-order valence-electron chi connectivity index (χ4n) is 1.92. The molecule has 1 heterocycles. The number of hydrogen-bond donors (Lipinski definition) is 2. The van der Waals surface area contributed by atoms with Crippen molar-refractivity contribution in [1.82, 2.24) is 9.97 Å². The van der Waals surface area contributed by atoms with Gasteiger partial charge in [0.25, 0.3) is 0 Å². The van der Waals surface area contributed by atoms with E-state index in [9.17, 15) is 0 Å². The first-order valence-electron chi connectivity index (χ1n) is 7.46. The minimum atomic E-state index is 0.636. The molecule has 0 saturated carbocycles. The molecule has 0 radical (unpaired) electrons. The van der Waals surface area contributed by atoms with Gasteiger partial charge in [0.05, 0.1) is 0 Å². The van der Waals surface area contributed by atoms with Gasteiger partial charge in [-0.2, -0.15) is 11.8 Å². The molecule has 20 heavy (non-hydrogen) atoms. The van der Waals surface area contributed by atoms with Crippen LogP contribution in [0.5, 0.6) is 0 Å². The molecule has 4 nitrogen and oxygen atoms in total. The highest BCUT2D eigenvalue weighted by Gasteiger charge is 2.10. The summed E-state index contributed by atoms with van der Waals surface area (Å²) in [6, 6.07) is 0. The number of nitrogens with one attached hydrogen (secondary N) is 2. The minimum Gasteiger partial charge on any atom is -0.370 e. The fraction of sp³-hybridized carbons (Fsp3) is 0.733. The van der Waals surface area contributed by atoms with Gasteiger partial charge in [-0.1, -0.05) is 20.8 Å². The number of anilines is 2. The van der Waals surface area contributed by atoms with E-state index in [0.29, 0.717) is 5.92 Å². The molecule has 1 atom stereocenters. The van der Waals surface area contributed by atoms with Crippen LogP contribution in [-0.4, -0.2) is 35.1 Å². The van der Waals surface area contributed by atoms with Crippen molar-refractivity contribution in [2.75, 3.05) is 35.7 Å². The lowest BCUT2D eigenvalue weighted by Gasteiger charge is -2.16. The van der Waals surface area contributed by atoms with Crippen LogP contribution in [0.15, 0.2) is 0 Å². The second-order valence-electron chi connectivity index (χ2n) is 5.18. The molecule has 1 unspecified atom stereocenters. The summed E-state index contributed by atoms with van der Waals surface area (Å²) in [5.41, 5.74) is 1.12. The van der Waals surface area contributed by atoms with Gasteiger partial charge in [0.2, 0.25) is 0 Å². The van der Waals surface area contributed by atoms with Crippen LogP contribution in [0.3, 0.4) is 0 Å². The third-order valence-corrected chi connectivity index (χ3v) is 4.02. The third-order valence-electron chi connectivity index (χ3n) is 3.12. The highest BCUT2D eigenvalue weighted by molar-refractivity contribution is 7.98. The molecule has 0 aliphatic heterocycles. The van der Waals surface area contributed by atoms with E-state index < -0.39 is 0 Å². The molecule has 1 aromatic rings. The van der Waals surface area contributed by atoms with Crippen LogP contribution in [-0.2, 0) is 6.42 Å². The van der Waals surface area contributed by atoms with Gasteiger partial charge in [-0.05, 0) is 31.3 Å². The van der Waals surface area contributed by atoms with E-state index in [4.69, 9.17) is 0 Å². The van der Waals surface area contributed by atoms with Crippen LogP contribution < -0.4 is 10.6 Å². The predicted molar refractivity (Wildman–Crippen MR) is 91.0 cm³/mol. The Labute approximate surface area is 127 Å². The SMILES string of the molecule is CCCNc1nc(CC)nc(NCC(C)CSC)c1C. The summed E-state index contributed by atoms with van der Waals surface area (Å²) in [5, 5.41) is 6.88. The zero-order chi connectivity index (χ0) is 15.0. The Morgan fingerprint density at radius 3 is 2.35 bits per heavy atom. The maximum absolute atomic E-state index is 4.62. The van der Waals surface area contributed by atoms with Gasteiger partial charge < -0.3 is 10.6 Å². The lowest BCUT2D eigenvalue weighted by atomic mass is 10.2. The number of rotatable bonds is 9. The van der Waals surface area contributed by atoms with Crippen LogP contribution in [0, 0.1) is 12.8 Å². The predicted octanol–water partition coefficient (Wildman–Crippen LogP) is 3.58. The monoisotopic (exact) mass is 296 g/mol. The van der Waals surface area contributed by atoms with Gasteiger partial charge in [0.15, 0.2) is 0 Å². The van der Waals surface area contributed by atoms with E-state index in [1.165, 1.54) is 5.75 Å². The topological polar surface area (TPSA) is 49.8 Å². The molecule has 114 valence electrons. The maximum atomic E-state index is 4.62. The maximum Gasteiger partial charge on any atom is 0.134 e. The molecular weight excluding hydrogens is 268 g/mol. The largest absolute Gasteiger partial charge is 0.370 e. The average Bonchev–Trinajstić information content (AvgIpc) is 2.45. The van der Waals surface area contributed by atoms with E-state index in [2.05, 4.69) is 54.6 Å². The first-order chi connectivity index (χ1) is 9.62. The molecule has 0 saturated heterocycles. The first-order valence-corrected chi connectivity index (χ1v) is 8.85. The number of hydrogen-bond acceptors (Lipinski definition) is 5. The average molecular weight is 296 g/mol. The Morgan fingerprint density at radius 2 is 1.80 bits per heavy atom. The smallest absolute Gasteiger partial charge is 0.134 e. The first kappa shape index (κ1) is 17.1. The van der Waals surface area contributed by atoms with E-state index in [0.717, 1.165) is 49.0 Å². The van der Waals surface area contributed by atoms with E-state index in [-0.39, 0.29) is 0 Å². The van der Waals surface area contributed by atoms with E-state index in [1.807, 2.05) is 11.8 Å². The standard InChI is InChI=1S/C15H28N4S/c1-6-8-16-14-12(4)15(19-13(7-2)18-14)17-9-11(3)10-20-5/h11H,6-10H2,1-5H3,(H2,16,17,18,19). The van der Waals surface area contributed by atoms with Crippen molar-refractivity contribution in [1.29, 1.82) is 0 Å². The van der Waals surface area contributed by atoms with Gasteiger partial charge in [0, 0.05) is 25.1 Å². The Bertz CT molecular complexity index is 409. The van der Waals surface area contributed by atoms with Crippen LogP contribution >= 0.6 is 11.8 Å². The molecule has 5 heteroatoms. The number of nitrogens with zero attached hydrogens (tertiary/aromatic N) is 2. The molecule has 0 aromatic carbocycles. The van der Waals surface area contributed by atoms with Gasteiger partial charge in [-0.25, -0.2) is 9.97 Å². The molecule has 2 N–H and O–H groups in total. The molecule has 1 aromatic heterocycles. The summed E-state index contributed by atoms with van der Waals surface area (Å²) in [6.07, 6.45) is 4.10. The molecule has 0 amide bonds. The van der Waals surface area contributed by atoms with Crippen LogP contribution in [0.1, 0.15) is 38.6 Å². The zero-order valence-electron chi connectivity index (χ0n) is 13.4. The second kappa shape index (κ2) is 9.06. The zero-order valence-corrected chi connectivity index (χ0v) is 14.2. The van der Waals surface area contributed by atoms with Crippen molar-refractivity contribution in [3.05, 3.63) is 11.4 Å². The van der Waals surface area contributed by atoms with Crippen LogP contribution in [0.25, 0.3) is 0 Å². The lowest BCUT2D eigenvalue weighted by Crippen LogP contribution is -2.17. The summed E-state index contributed by atoms with van der Waals surface area (Å²) < 4.78 is 0. The minimum absolute atomic E-state index is 0.636. The number of thioether (sulfide) groups is 1. The molecule has 1 rings (SSSR count). The molecule has 0 bridgehead atoms. The molecule has 0 spiro atoms. The van der Waals surface area contributed by atoms with Crippen molar-refractivity contribution in [3.8, 4) is 0 Å². The van der Waals surface area contributed by atoms with Crippen molar-refractivity contribution in [2.45, 2.75) is 40.5 Å². The Morgan fingerprint density at radius 1 is 1.15 bits per heavy atom. The Balaban J connectivity index is 2.82. The lowest BCUT2D eigenvalue weighted by molar-refractivity contribution is 0.698. The summed E-state index contributed by atoms with van der Waals surface area (Å²) in [7, 11) is 0. The van der Waals surface area contributed by atoms with Crippen molar-refractivity contribution < 1.29 is 0 Å². The highest BCUT2D eigenvalue weighted by Crippen LogP contribution is 2.21. The molecule has 0 aliphatic carbocycles. The number of aryl methyl sites for hydroxylation is 1. The number of aromatic nitrogens is 2. The summed E-state index contributed by atoms with van der Waals surface area (Å²) in [6.45, 7) is 10.5. The van der Waals surface area contributed by atoms with Gasteiger partial charge in [-0.15, -0.1) is 0 Å².